The maximum absolute atomic E-state index is 11.7. The highest BCUT2D eigenvalue weighted by molar-refractivity contribution is 5.68. The fraction of sp³-hybridized carbons (Fsp3) is 0.421. The maximum atomic E-state index is 11.7. The van der Waals surface area contributed by atoms with E-state index in [1.165, 1.54) is 25.5 Å². The van der Waals surface area contributed by atoms with Crippen molar-refractivity contribution in [1.82, 2.24) is 15.0 Å². The van der Waals surface area contributed by atoms with Gasteiger partial charge in [0.15, 0.2) is 18.4 Å². The Morgan fingerprint density at radius 2 is 1.66 bits per heavy atom. The summed E-state index contributed by atoms with van der Waals surface area (Å²) in [6.07, 6.45) is -2.11. The number of esters is 3. The summed E-state index contributed by atoms with van der Waals surface area (Å²) >= 11 is 0. The molecule has 0 spiro atoms. The van der Waals surface area contributed by atoms with E-state index in [1.54, 1.807) is 6.20 Å². The molecule has 0 radical (unpaired) electrons. The zero-order chi connectivity index (χ0) is 21.0. The van der Waals surface area contributed by atoms with E-state index in [1.807, 2.05) is 30.3 Å². The van der Waals surface area contributed by atoms with Gasteiger partial charge in [-0.1, -0.05) is 35.5 Å². The van der Waals surface area contributed by atoms with Gasteiger partial charge in [0.25, 0.3) is 0 Å². The monoisotopic (exact) mass is 403 g/mol. The van der Waals surface area contributed by atoms with E-state index in [9.17, 15) is 14.4 Å². The summed E-state index contributed by atoms with van der Waals surface area (Å²) in [7, 11) is 0. The van der Waals surface area contributed by atoms with Crippen molar-refractivity contribution in [2.45, 2.75) is 45.3 Å². The van der Waals surface area contributed by atoms with E-state index in [-0.39, 0.29) is 6.61 Å². The van der Waals surface area contributed by atoms with E-state index in [2.05, 4.69) is 10.3 Å². The number of carbonyl (C=O) groups excluding carboxylic acids is 3. The molecule has 0 amide bonds. The second kappa shape index (κ2) is 8.82. The summed E-state index contributed by atoms with van der Waals surface area (Å²) in [6, 6.07) is 9.37. The Labute approximate surface area is 166 Å². The van der Waals surface area contributed by atoms with Crippen LogP contribution < -0.4 is 0 Å². The van der Waals surface area contributed by atoms with Gasteiger partial charge in [0, 0.05) is 26.3 Å². The van der Waals surface area contributed by atoms with Gasteiger partial charge in [0.2, 0.25) is 0 Å². The van der Waals surface area contributed by atoms with Gasteiger partial charge < -0.3 is 18.9 Å². The van der Waals surface area contributed by atoms with Crippen molar-refractivity contribution in [3.05, 3.63) is 36.5 Å². The highest BCUT2D eigenvalue weighted by Gasteiger charge is 2.51. The van der Waals surface area contributed by atoms with Crippen molar-refractivity contribution >= 4 is 17.9 Å². The molecule has 1 fully saturated rings. The van der Waals surface area contributed by atoms with Gasteiger partial charge in [-0.2, -0.15) is 0 Å². The third-order valence-electron chi connectivity index (χ3n) is 4.18. The highest BCUT2D eigenvalue weighted by atomic mass is 16.7. The molecule has 2 heterocycles. The lowest BCUT2D eigenvalue weighted by molar-refractivity contribution is -0.166. The topological polar surface area (TPSA) is 119 Å². The number of hydrogen-bond acceptors (Lipinski definition) is 9. The molecule has 0 saturated carbocycles. The lowest BCUT2D eigenvalue weighted by atomic mass is 10.1. The second-order valence-corrected chi connectivity index (χ2v) is 6.47. The summed E-state index contributed by atoms with van der Waals surface area (Å²) in [4.78, 5) is 34.4. The summed E-state index contributed by atoms with van der Waals surface area (Å²) in [5.41, 5.74) is 1.43. The summed E-state index contributed by atoms with van der Waals surface area (Å²) < 4.78 is 23.0. The molecule has 1 aliphatic rings. The van der Waals surface area contributed by atoms with Crippen molar-refractivity contribution in [2.24, 2.45) is 0 Å². The SMILES string of the molecule is CC(=O)OC[C@H]1O[C@@H](n2cc(-c3ccccc3)nn2)[C@H](OC(C)=O)[C@@H]1OC(C)=O. The van der Waals surface area contributed by atoms with Gasteiger partial charge in [0.1, 0.15) is 18.4 Å². The van der Waals surface area contributed by atoms with Crippen molar-refractivity contribution in [2.75, 3.05) is 6.61 Å². The Hall–Kier alpha value is -3.27. The first-order valence-corrected chi connectivity index (χ1v) is 8.95. The smallest absolute Gasteiger partial charge is 0.303 e. The van der Waals surface area contributed by atoms with Crippen LogP contribution in [0, 0.1) is 0 Å². The number of benzene rings is 1. The molecule has 2 aromatic rings. The Bertz CT molecular complexity index is 883. The van der Waals surface area contributed by atoms with E-state index >= 15 is 0 Å². The first-order valence-electron chi connectivity index (χ1n) is 8.95. The number of carbonyl (C=O) groups is 3. The van der Waals surface area contributed by atoms with E-state index in [0.29, 0.717) is 5.69 Å². The van der Waals surface area contributed by atoms with Gasteiger partial charge in [-0.3, -0.25) is 14.4 Å². The van der Waals surface area contributed by atoms with E-state index in [4.69, 9.17) is 18.9 Å². The molecular weight excluding hydrogens is 382 g/mol. The third kappa shape index (κ3) is 4.96. The normalized spacial score (nSPS) is 23.4. The molecule has 1 aromatic carbocycles. The lowest BCUT2D eigenvalue weighted by Gasteiger charge is -2.23. The predicted octanol–water partition coefficient (Wildman–Crippen LogP) is 1.27. The molecule has 154 valence electrons. The quantitative estimate of drug-likeness (QED) is 0.519. The zero-order valence-electron chi connectivity index (χ0n) is 16.2. The average molecular weight is 403 g/mol. The van der Waals surface area contributed by atoms with E-state index < -0.39 is 42.4 Å². The molecule has 0 unspecified atom stereocenters. The molecule has 0 bridgehead atoms. The minimum atomic E-state index is -0.998. The maximum Gasteiger partial charge on any atom is 0.303 e. The number of nitrogens with zero attached hydrogens (tertiary/aromatic N) is 3. The fourth-order valence-electron chi connectivity index (χ4n) is 3.05. The summed E-state index contributed by atoms with van der Waals surface area (Å²) in [5, 5.41) is 8.21. The minimum absolute atomic E-state index is 0.179. The van der Waals surface area contributed by atoms with Crippen molar-refractivity contribution < 1.29 is 33.3 Å². The van der Waals surface area contributed by atoms with Gasteiger partial charge in [-0.25, -0.2) is 4.68 Å². The second-order valence-electron chi connectivity index (χ2n) is 6.47. The lowest BCUT2D eigenvalue weighted by Crippen LogP contribution is -2.40. The fourth-order valence-corrected chi connectivity index (χ4v) is 3.05. The van der Waals surface area contributed by atoms with Crippen LogP contribution in [0.1, 0.15) is 27.0 Å². The predicted molar refractivity (Wildman–Crippen MR) is 97.1 cm³/mol. The number of ether oxygens (including phenoxy) is 4. The van der Waals surface area contributed by atoms with Gasteiger partial charge in [-0.15, -0.1) is 5.10 Å². The first-order chi connectivity index (χ1) is 13.8. The Morgan fingerprint density at radius 1 is 1.00 bits per heavy atom. The summed E-state index contributed by atoms with van der Waals surface area (Å²) in [6.45, 7) is 3.53. The van der Waals surface area contributed by atoms with Crippen LogP contribution in [0.2, 0.25) is 0 Å². The molecule has 10 heteroatoms. The number of rotatable bonds is 6. The Morgan fingerprint density at radius 3 is 2.28 bits per heavy atom. The molecule has 0 N–H and O–H groups in total. The molecule has 1 aliphatic heterocycles. The van der Waals surface area contributed by atoms with Crippen LogP contribution in [0.15, 0.2) is 36.5 Å². The molecule has 3 rings (SSSR count). The first kappa shape index (κ1) is 20.5. The molecule has 29 heavy (non-hydrogen) atoms. The van der Waals surface area contributed by atoms with Crippen LogP contribution in [0.3, 0.4) is 0 Å². The van der Waals surface area contributed by atoms with Crippen molar-refractivity contribution in [1.29, 1.82) is 0 Å². The van der Waals surface area contributed by atoms with Crippen LogP contribution in [-0.4, -0.2) is 57.8 Å². The molecule has 0 aliphatic carbocycles. The standard InChI is InChI=1S/C19H21N3O7/c1-11(23)26-10-16-17(27-12(2)24)18(28-13(3)25)19(29-16)22-9-15(20-21-22)14-7-5-4-6-8-14/h4-9,16-19H,10H2,1-3H3/t16-,17-,18-,19-/m1/s1. The van der Waals surface area contributed by atoms with Crippen LogP contribution >= 0.6 is 0 Å². The highest BCUT2D eigenvalue weighted by Crippen LogP contribution is 2.34. The van der Waals surface area contributed by atoms with Crippen molar-refractivity contribution in [3.8, 4) is 11.3 Å². The third-order valence-corrected chi connectivity index (χ3v) is 4.18. The molecule has 1 saturated heterocycles. The molecular formula is C19H21N3O7. The molecule has 1 aromatic heterocycles. The number of aromatic nitrogens is 3. The zero-order valence-corrected chi connectivity index (χ0v) is 16.2. The summed E-state index contributed by atoms with van der Waals surface area (Å²) in [5.74, 6) is -1.69. The van der Waals surface area contributed by atoms with Crippen LogP contribution in [0.25, 0.3) is 11.3 Å². The molecule has 4 atom stereocenters. The van der Waals surface area contributed by atoms with Gasteiger partial charge in [0.05, 0.1) is 6.20 Å². The van der Waals surface area contributed by atoms with Crippen LogP contribution in [0.5, 0.6) is 0 Å². The number of hydrogen-bond donors (Lipinski definition) is 0. The van der Waals surface area contributed by atoms with Crippen LogP contribution in [-0.2, 0) is 33.3 Å². The minimum Gasteiger partial charge on any atom is -0.463 e. The Kier molecular flexibility index (Phi) is 6.23. The van der Waals surface area contributed by atoms with Gasteiger partial charge in [-0.05, 0) is 0 Å². The van der Waals surface area contributed by atoms with Crippen molar-refractivity contribution in [3.63, 3.8) is 0 Å². The largest absolute Gasteiger partial charge is 0.463 e. The van der Waals surface area contributed by atoms with E-state index in [0.717, 1.165) is 5.56 Å². The van der Waals surface area contributed by atoms with Gasteiger partial charge >= 0.3 is 17.9 Å². The molecule has 10 nitrogen and oxygen atoms in total. The van der Waals surface area contributed by atoms with Crippen LogP contribution in [0.4, 0.5) is 0 Å². The Balaban J connectivity index is 1.90. The average Bonchev–Trinajstić information content (AvgIpc) is 3.26.